The number of benzene rings is 1. The van der Waals surface area contributed by atoms with Crippen molar-refractivity contribution < 1.29 is 0 Å². The highest BCUT2D eigenvalue weighted by Crippen LogP contribution is 2.26. The Morgan fingerprint density at radius 3 is 2.89 bits per heavy atom. The van der Waals surface area contributed by atoms with Crippen LogP contribution in [0.15, 0.2) is 28.9 Å². The van der Waals surface area contributed by atoms with Gasteiger partial charge in [0.2, 0.25) is 0 Å². The Bertz CT molecular complexity index is 610. The summed E-state index contributed by atoms with van der Waals surface area (Å²) in [6, 6.07) is 7.71. The van der Waals surface area contributed by atoms with Gasteiger partial charge >= 0.3 is 0 Å². The summed E-state index contributed by atoms with van der Waals surface area (Å²) < 4.78 is 2.71. The van der Waals surface area contributed by atoms with Crippen LogP contribution in [0.25, 0.3) is 0 Å². The lowest BCUT2D eigenvalue weighted by molar-refractivity contribution is 0.746. The summed E-state index contributed by atoms with van der Waals surface area (Å²) >= 11 is 3.41. The highest BCUT2D eigenvalue weighted by Gasteiger charge is 2.09. The van der Waals surface area contributed by atoms with Crippen molar-refractivity contribution in [1.29, 1.82) is 5.26 Å². The van der Waals surface area contributed by atoms with Crippen LogP contribution in [0.3, 0.4) is 0 Å². The van der Waals surface area contributed by atoms with Gasteiger partial charge in [-0.25, -0.2) is 0 Å². The molecule has 0 saturated carbocycles. The molecular formula is C13H13BrN4. The number of rotatable bonds is 3. The minimum absolute atomic E-state index is 0.615. The number of hydrogen-bond acceptors (Lipinski definition) is 3. The van der Waals surface area contributed by atoms with Gasteiger partial charge in [0.15, 0.2) is 0 Å². The van der Waals surface area contributed by atoms with Crippen LogP contribution < -0.4 is 5.32 Å². The summed E-state index contributed by atoms with van der Waals surface area (Å²) in [6.45, 7) is 2.06. The number of aryl methyl sites for hydroxylation is 2. The molecular weight excluding hydrogens is 292 g/mol. The average Bonchev–Trinajstić information content (AvgIpc) is 2.70. The van der Waals surface area contributed by atoms with E-state index in [0.29, 0.717) is 5.56 Å². The molecule has 0 aliphatic carbocycles. The zero-order chi connectivity index (χ0) is 13.1. The Balaban J connectivity index is 2.39. The van der Waals surface area contributed by atoms with Crippen molar-refractivity contribution in [2.24, 2.45) is 7.05 Å². The molecule has 0 radical (unpaired) electrons. The lowest BCUT2D eigenvalue weighted by Gasteiger charge is -2.07. The third-order valence-corrected chi connectivity index (χ3v) is 3.10. The van der Waals surface area contributed by atoms with Crippen LogP contribution in [0, 0.1) is 11.3 Å². The van der Waals surface area contributed by atoms with Gasteiger partial charge in [-0.1, -0.05) is 22.9 Å². The second kappa shape index (κ2) is 5.23. The van der Waals surface area contributed by atoms with E-state index in [2.05, 4.69) is 39.3 Å². The predicted octanol–water partition coefficient (Wildman–Crippen LogP) is 3.36. The van der Waals surface area contributed by atoms with E-state index in [-0.39, 0.29) is 0 Å². The first kappa shape index (κ1) is 12.7. The highest BCUT2D eigenvalue weighted by molar-refractivity contribution is 9.10. The second-order valence-electron chi connectivity index (χ2n) is 3.94. The second-order valence-corrected chi connectivity index (χ2v) is 4.86. The molecule has 2 aromatic rings. The molecule has 1 N–H and O–H groups in total. The maximum absolute atomic E-state index is 9.09. The van der Waals surface area contributed by atoms with Gasteiger partial charge in [-0.3, -0.25) is 4.68 Å². The van der Waals surface area contributed by atoms with Gasteiger partial charge in [0.25, 0.3) is 0 Å². The van der Waals surface area contributed by atoms with Crippen molar-refractivity contribution in [2.75, 3.05) is 5.32 Å². The van der Waals surface area contributed by atoms with Crippen molar-refractivity contribution in [3.05, 3.63) is 40.1 Å². The van der Waals surface area contributed by atoms with Crippen LogP contribution >= 0.6 is 15.9 Å². The first-order valence-electron chi connectivity index (χ1n) is 5.63. The van der Waals surface area contributed by atoms with E-state index in [1.807, 2.05) is 25.4 Å². The van der Waals surface area contributed by atoms with Crippen LogP contribution in [-0.4, -0.2) is 9.78 Å². The van der Waals surface area contributed by atoms with Crippen molar-refractivity contribution in [1.82, 2.24) is 9.78 Å². The van der Waals surface area contributed by atoms with Crippen LogP contribution in [-0.2, 0) is 13.5 Å². The Hall–Kier alpha value is -1.80. The first-order chi connectivity index (χ1) is 8.63. The largest absolute Gasteiger partial charge is 0.352 e. The molecule has 0 bridgehead atoms. The Kier molecular flexibility index (Phi) is 3.68. The van der Waals surface area contributed by atoms with Crippen LogP contribution in [0.5, 0.6) is 0 Å². The van der Waals surface area contributed by atoms with E-state index in [1.165, 1.54) is 0 Å². The van der Waals surface area contributed by atoms with E-state index >= 15 is 0 Å². The third-order valence-electron chi connectivity index (χ3n) is 2.61. The van der Waals surface area contributed by atoms with Gasteiger partial charge in [-0.05, 0) is 24.6 Å². The lowest BCUT2D eigenvalue weighted by Crippen LogP contribution is -1.95. The molecule has 0 atom stereocenters. The molecule has 0 spiro atoms. The molecule has 1 heterocycles. The standard InChI is InChI=1S/C13H13BrN4/c1-3-11-13(8-18(2)17-11)16-12-6-10(14)5-4-9(12)7-15/h4-6,8,16H,3H2,1-2H3. The first-order valence-corrected chi connectivity index (χ1v) is 6.42. The monoisotopic (exact) mass is 304 g/mol. The van der Waals surface area contributed by atoms with Gasteiger partial charge < -0.3 is 5.32 Å². The van der Waals surface area contributed by atoms with Gasteiger partial charge in [-0.2, -0.15) is 10.4 Å². The molecule has 4 nitrogen and oxygen atoms in total. The molecule has 0 fully saturated rings. The van der Waals surface area contributed by atoms with E-state index < -0.39 is 0 Å². The molecule has 0 saturated heterocycles. The smallest absolute Gasteiger partial charge is 0.101 e. The maximum atomic E-state index is 9.09. The summed E-state index contributed by atoms with van der Waals surface area (Å²) in [6.07, 6.45) is 2.76. The minimum Gasteiger partial charge on any atom is -0.352 e. The zero-order valence-corrected chi connectivity index (χ0v) is 11.8. The molecule has 1 aromatic heterocycles. The van der Waals surface area contributed by atoms with E-state index in [1.54, 1.807) is 10.7 Å². The fraction of sp³-hybridized carbons (Fsp3) is 0.231. The fourth-order valence-electron chi connectivity index (χ4n) is 1.76. The number of anilines is 2. The maximum Gasteiger partial charge on any atom is 0.101 e. The molecule has 5 heteroatoms. The minimum atomic E-state index is 0.615. The third kappa shape index (κ3) is 2.54. The van der Waals surface area contributed by atoms with Gasteiger partial charge in [0.05, 0.1) is 22.6 Å². The van der Waals surface area contributed by atoms with Crippen LogP contribution in [0.4, 0.5) is 11.4 Å². The number of nitrogens with one attached hydrogen (secondary N) is 1. The Morgan fingerprint density at radius 2 is 2.22 bits per heavy atom. The van der Waals surface area contributed by atoms with Crippen LogP contribution in [0.1, 0.15) is 18.2 Å². The summed E-state index contributed by atoms with van der Waals surface area (Å²) in [7, 11) is 1.89. The van der Waals surface area contributed by atoms with Gasteiger partial charge in [-0.15, -0.1) is 0 Å². The Morgan fingerprint density at radius 1 is 1.44 bits per heavy atom. The number of nitriles is 1. The molecule has 2 rings (SSSR count). The van der Waals surface area contributed by atoms with Gasteiger partial charge in [0, 0.05) is 17.7 Å². The average molecular weight is 305 g/mol. The number of nitrogens with zero attached hydrogens (tertiary/aromatic N) is 3. The predicted molar refractivity (Wildman–Crippen MR) is 74.7 cm³/mol. The zero-order valence-electron chi connectivity index (χ0n) is 10.2. The van der Waals surface area contributed by atoms with Crippen molar-refractivity contribution in [2.45, 2.75) is 13.3 Å². The van der Waals surface area contributed by atoms with Crippen molar-refractivity contribution >= 4 is 27.3 Å². The summed E-state index contributed by atoms with van der Waals surface area (Å²) in [5.41, 5.74) is 3.33. The molecule has 0 aliphatic rings. The molecule has 0 unspecified atom stereocenters. The van der Waals surface area contributed by atoms with E-state index in [9.17, 15) is 0 Å². The highest BCUT2D eigenvalue weighted by atomic mass is 79.9. The number of hydrogen-bond donors (Lipinski definition) is 1. The molecule has 18 heavy (non-hydrogen) atoms. The van der Waals surface area contributed by atoms with Crippen molar-refractivity contribution in [3.8, 4) is 6.07 Å². The molecule has 0 amide bonds. The molecule has 0 aliphatic heterocycles. The fourth-order valence-corrected chi connectivity index (χ4v) is 2.12. The molecule has 92 valence electrons. The normalized spacial score (nSPS) is 10.1. The summed E-state index contributed by atoms with van der Waals surface area (Å²) in [5, 5.41) is 16.7. The SMILES string of the molecule is CCc1nn(C)cc1Nc1cc(Br)ccc1C#N. The Labute approximate surface area is 114 Å². The number of halogens is 1. The topological polar surface area (TPSA) is 53.6 Å². The molecule has 1 aromatic carbocycles. The lowest BCUT2D eigenvalue weighted by atomic mass is 10.2. The van der Waals surface area contributed by atoms with Crippen LogP contribution in [0.2, 0.25) is 0 Å². The quantitative estimate of drug-likeness (QED) is 0.946. The summed E-state index contributed by atoms with van der Waals surface area (Å²) in [4.78, 5) is 0. The van der Waals surface area contributed by atoms with Crippen molar-refractivity contribution in [3.63, 3.8) is 0 Å². The van der Waals surface area contributed by atoms with E-state index in [4.69, 9.17) is 5.26 Å². The van der Waals surface area contributed by atoms with Gasteiger partial charge in [0.1, 0.15) is 6.07 Å². The number of aromatic nitrogens is 2. The van der Waals surface area contributed by atoms with E-state index in [0.717, 1.165) is 28.0 Å². The summed E-state index contributed by atoms with van der Waals surface area (Å²) in [5.74, 6) is 0.